The normalized spacial score (nSPS) is 13.7. The topological polar surface area (TPSA) is 16.3 Å². The Morgan fingerprint density at radius 1 is 0.525 bits per heavy atom. The second kappa shape index (κ2) is 8.78. The molecule has 0 N–H and O–H groups in total. The van der Waals surface area contributed by atoms with Gasteiger partial charge in [0.05, 0.1) is 28.7 Å². The summed E-state index contributed by atoms with van der Waals surface area (Å²) in [6.07, 6.45) is 4.40. The molecule has 5 aromatic carbocycles. The van der Waals surface area contributed by atoms with Crippen LogP contribution in [0.25, 0.3) is 55.0 Å². The number of rotatable bonds is 4. The average molecular weight is 519 g/mol. The Hall–Kier alpha value is -4.96. The molecule has 0 unspecified atom stereocenters. The lowest BCUT2D eigenvalue weighted by atomic mass is 10.1. The Morgan fingerprint density at radius 3 is 1.90 bits per heavy atom. The molecule has 4 nitrogen and oxygen atoms in total. The highest BCUT2D eigenvalue weighted by Gasteiger charge is 2.22. The van der Waals surface area contributed by atoms with Gasteiger partial charge in [0.2, 0.25) is 0 Å². The second-order valence-electron chi connectivity index (χ2n) is 10.9. The Morgan fingerprint density at radius 2 is 1.18 bits per heavy atom. The molecule has 0 atom stereocenters. The van der Waals surface area contributed by atoms with Crippen LogP contribution in [0.3, 0.4) is 0 Å². The number of benzene rings is 5. The van der Waals surface area contributed by atoms with Crippen LogP contribution in [0.4, 0.5) is 5.69 Å². The molecule has 40 heavy (non-hydrogen) atoms. The van der Waals surface area contributed by atoms with E-state index in [1.165, 1.54) is 60.7 Å². The summed E-state index contributed by atoms with van der Waals surface area (Å²) in [6.45, 7) is 5.35. The van der Waals surface area contributed by atoms with Crippen LogP contribution in [-0.2, 0) is 0 Å². The van der Waals surface area contributed by atoms with Gasteiger partial charge in [-0.05, 0) is 68.4 Å². The standard InChI is InChI=1S/C36H30N4/c1-25(2)37-21-22-38(24-37)28-17-19-33-31(23-28)29-18-20-34-35(36(29)40(33)27-13-7-4-8-14-27)30-15-9-10-16-32(30)39(34)26-11-5-3-6-12-26/h3-23,25H,24H2,1-2H3. The molecule has 3 heterocycles. The van der Waals surface area contributed by atoms with Crippen molar-refractivity contribution in [2.75, 3.05) is 11.6 Å². The van der Waals surface area contributed by atoms with Gasteiger partial charge in [0.25, 0.3) is 0 Å². The van der Waals surface area contributed by atoms with E-state index in [2.05, 4.69) is 160 Å². The molecule has 0 saturated heterocycles. The van der Waals surface area contributed by atoms with E-state index in [1.54, 1.807) is 0 Å². The molecule has 0 aliphatic carbocycles. The molecular formula is C36H30N4. The molecule has 1 aliphatic rings. The lowest BCUT2D eigenvalue weighted by molar-refractivity contribution is 0.336. The fourth-order valence-electron chi connectivity index (χ4n) is 6.37. The fraction of sp³-hybridized carbons (Fsp3) is 0.111. The molecule has 0 spiro atoms. The maximum Gasteiger partial charge on any atom is 0.0944 e. The van der Waals surface area contributed by atoms with E-state index >= 15 is 0 Å². The lowest BCUT2D eigenvalue weighted by Gasteiger charge is -2.24. The van der Waals surface area contributed by atoms with E-state index in [4.69, 9.17) is 0 Å². The summed E-state index contributed by atoms with van der Waals surface area (Å²) in [5.41, 5.74) is 8.47. The molecule has 0 amide bonds. The summed E-state index contributed by atoms with van der Waals surface area (Å²) in [7, 11) is 0. The Kier molecular flexibility index (Phi) is 5.05. The van der Waals surface area contributed by atoms with Crippen molar-refractivity contribution in [2.45, 2.75) is 19.9 Å². The van der Waals surface area contributed by atoms with Crippen molar-refractivity contribution in [1.29, 1.82) is 0 Å². The first kappa shape index (κ1) is 23.0. The first-order valence-corrected chi connectivity index (χ1v) is 14.0. The van der Waals surface area contributed by atoms with Gasteiger partial charge in [0.15, 0.2) is 0 Å². The summed E-state index contributed by atoms with van der Waals surface area (Å²) < 4.78 is 4.86. The Labute approximate surface area is 233 Å². The Bertz CT molecular complexity index is 2060. The van der Waals surface area contributed by atoms with Gasteiger partial charge in [-0.1, -0.05) is 60.7 Å². The van der Waals surface area contributed by atoms with Crippen LogP contribution >= 0.6 is 0 Å². The van der Waals surface area contributed by atoms with E-state index in [-0.39, 0.29) is 0 Å². The highest BCUT2D eigenvalue weighted by atomic mass is 15.3. The Balaban J connectivity index is 1.48. The quantitative estimate of drug-likeness (QED) is 0.231. The van der Waals surface area contributed by atoms with E-state index in [9.17, 15) is 0 Å². The number of aromatic nitrogens is 2. The molecule has 1 aliphatic heterocycles. The van der Waals surface area contributed by atoms with Crippen LogP contribution in [0.5, 0.6) is 0 Å². The van der Waals surface area contributed by atoms with E-state index in [0.717, 1.165) is 6.67 Å². The van der Waals surface area contributed by atoms with Crippen LogP contribution in [0.1, 0.15) is 13.8 Å². The maximum absolute atomic E-state index is 2.46. The van der Waals surface area contributed by atoms with Crippen molar-refractivity contribution in [3.05, 3.63) is 128 Å². The van der Waals surface area contributed by atoms with Crippen molar-refractivity contribution in [3.63, 3.8) is 0 Å². The predicted molar refractivity (Wildman–Crippen MR) is 169 cm³/mol. The van der Waals surface area contributed by atoms with Crippen molar-refractivity contribution in [3.8, 4) is 11.4 Å². The molecule has 194 valence electrons. The molecule has 0 bridgehead atoms. The smallest absolute Gasteiger partial charge is 0.0944 e. The molecule has 4 heteroatoms. The SMILES string of the molecule is CC(C)N1C=CN(c2ccc3c(c2)c2ccc4c(c5ccccc5n4-c4ccccc4)c2n3-c2ccccc2)C1. The van der Waals surface area contributed by atoms with Gasteiger partial charge >= 0.3 is 0 Å². The average Bonchev–Trinajstić information content (AvgIpc) is 3.70. The first-order chi connectivity index (χ1) is 19.7. The predicted octanol–water partition coefficient (Wildman–Crippen LogP) is 8.84. The second-order valence-corrected chi connectivity index (χ2v) is 10.9. The maximum atomic E-state index is 2.46. The fourth-order valence-corrected chi connectivity index (χ4v) is 6.37. The summed E-state index contributed by atoms with van der Waals surface area (Å²) in [6, 6.07) is 42.3. The van der Waals surface area contributed by atoms with Crippen LogP contribution in [-0.4, -0.2) is 26.7 Å². The minimum Gasteiger partial charge on any atom is -0.356 e. The third-order valence-electron chi connectivity index (χ3n) is 8.32. The van der Waals surface area contributed by atoms with Gasteiger partial charge < -0.3 is 18.9 Å². The molecular weight excluding hydrogens is 488 g/mol. The van der Waals surface area contributed by atoms with Crippen molar-refractivity contribution < 1.29 is 0 Å². The third-order valence-corrected chi connectivity index (χ3v) is 8.32. The van der Waals surface area contributed by atoms with Crippen molar-refractivity contribution in [1.82, 2.24) is 14.0 Å². The number of hydrogen-bond donors (Lipinski definition) is 0. The van der Waals surface area contributed by atoms with Gasteiger partial charge in [-0.25, -0.2) is 0 Å². The van der Waals surface area contributed by atoms with Gasteiger partial charge in [-0.2, -0.15) is 0 Å². The van der Waals surface area contributed by atoms with Crippen LogP contribution in [0.2, 0.25) is 0 Å². The molecule has 8 rings (SSSR count). The number of para-hydroxylation sites is 3. The van der Waals surface area contributed by atoms with Crippen LogP contribution in [0, 0.1) is 0 Å². The molecule has 2 aromatic heterocycles. The molecule has 7 aromatic rings. The van der Waals surface area contributed by atoms with E-state index in [0.29, 0.717) is 6.04 Å². The number of fused-ring (bicyclic) bond motifs is 7. The summed E-state index contributed by atoms with van der Waals surface area (Å²) in [5.74, 6) is 0. The van der Waals surface area contributed by atoms with Crippen LogP contribution < -0.4 is 4.90 Å². The highest BCUT2D eigenvalue weighted by Crippen LogP contribution is 2.42. The number of anilines is 1. The highest BCUT2D eigenvalue weighted by molar-refractivity contribution is 6.26. The third kappa shape index (κ3) is 3.32. The first-order valence-electron chi connectivity index (χ1n) is 14.0. The lowest BCUT2D eigenvalue weighted by Crippen LogP contribution is -2.30. The van der Waals surface area contributed by atoms with Crippen LogP contribution in [0.15, 0.2) is 128 Å². The van der Waals surface area contributed by atoms with Crippen molar-refractivity contribution >= 4 is 49.3 Å². The van der Waals surface area contributed by atoms with Gasteiger partial charge in [0, 0.05) is 57.0 Å². The summed E-state index contributed by atoms with van der Waals surface area (Å²) in [5, 5.41) is 5.09. The van der Waals surface area contributed by atoms with Gasteiger partial charge in [-0.3, -0.25) is 0 Å². The van der Waals surface area contributed by atoms with Crippen molar-refractivity contribution in [2.24, 2.45) is 0 Å². The van der Waals surface area contributed by atoms with E-state index in [1.807, 2.05) is 0 Å². The zero-order chi connectivity index (χ0) is 26.8. The number of hydrogen-bond acceptors (Lipinski definition) is 2. The minimum atomic E-state index is 0.472. The van der Waals surface area contributed by atoms with E-state index < -0.39 is 0 Å². The van der Waals surface area contributed by atoms with Gasteiger partial charge in [0.1, 0.15) is 0 Å². The molecule has 0 fully saturated rings. The number of nitrogens with zero attached hydrogens (tertiary/aromatic N) is 4. The largest absolute Gasteiger partial charge is 0.356 e. The summed E-state index contributed by atoms with van der Waals surface area (Å²) in [4.78, 5) is 4.70. The summed E-state index contributed by atoms with van der Waals surface area (Å²) >= 11 is 0. The monoisotopic (exact) mass is 518 g/mol. The zero-order valence-corrected chi connectivity index (χ0v) is 22.7. The zero-order valence-electron chi connectivity index (χ0n) is 22.7. The molecule has 0 radical (unpaired) electrons. The minimum absolute atomic E-state index is 0.472. The van der Waals surface area contributed by atoms with Gasteiger partial charge in [-0.15, -0.1) is 0 Å². The molecule has 0 saturated carbocycles.